The van der Waals surface area contributed by atoms with Crippen LogP contribution in [0, 0.1) is 5.82 Å². The molecule has 0 radical (unpaired) electrons. The van der Waals surface area contributed by atoms with Crippen LogP contribution < -0.4 is 20.1 Å². The zero-order valence-corrected chi connectivity index (χ0v) is 20.6. The highest BCUT2D eigenvalue weighted by Crippen LogP contribution is 2.35. The van der Waals surface area contributed by atoms with Gasteiger partial charge in [0.2, 0.25) is 0 Å². The number of carbonyl (C=O) groups excluding carboxylic acids is 1. The van der Waals surface area contributed by atoms with E-state index < -0.39 is 17.9 Å². The van der Waals surface area contributed by atoms with Crippen LogP contribution in [0.1, 0.15) is 24.4 Å². The third-order valence-electron chi connectivity index (χ3n) is 4.93. The monoisotopic (exact) mass is 531 g/mol. The van der Waals surface area contributed by atoms with Crippen molar-refractivity contribution in [1.82, 2.24) is 30.0 Å². The minimum Gasteiger partial charge on any atom is -0.494 e. The summed E-state index contributed by atoms with van der Waals surface area (Å²) in [4.78, 5) is 25.2. The van der Waals surface area contributed by atoms with Crippen LogP contribution >= 0.6 is 23.2 Å². The first-order chi connectivity index (χ1) is 17.4. The number of hydrogen-bond donors (Lipinski definition) is 2. The van der Waals surface area contributed by atoms with Crippen molar-refractivity contribution in [2.24, 2.45) is 0 Å². The van der Waals surface area contributed by atoms with Crippen LogP contribution in [0.15, 0.2) is 55.1 Å². The molecule has 2 aromatic heterocycles. The minimum atomic E-state index is -0.557. The first-order valence-corrected chi connectivity index (χ1v) is 11.3. The Morgan fingerprint density at radius 2 is 1.89 bits per heavy atom. The molecule has 1 atom stereocenters. The minimum absolute atomic E-state index is 0.0299. The number of aromatic nitrogens is 5. The Morgan fingerprint density at radius 3 is 2.61 bits per heavy atom. The molecule has 2 heterocycles. The fourth-order valence-corrected chi connectivity index (χ4v) is 3.70. The van der Waals surface area contributed by atoms with Crippen molar-refractivity contribution in [3.63, 3.8) is 0 Å². The van der Waals surface area contributed by atoms with E-state index in [4.69, 9.17) is 32.7 Å². The summed E-state index contributed by atoms with van der Waals surface area (Å²) in [7, 11) is 1.39. The Bertz CT molecular complexity index is 1370. The fraction of sp³-hybridized carbons (Fsp3) is 0.174. The molecule has 2 aromatic carbocycles. The number of carbonyl (C=O) groups is 1. The molecule has 10 nitrogen and oxygen atoms in total. The Morgan fingerprint density at radius 1 is 1.11 bits per heavy atom. The van der Waals surface area contributed by atoms with Gasteiger partial charge in [0.1, 0.15) is 18.7 Å². The van der Waals surface area contributed by atoms with E-state index >= 15 is 0 Å². The Hall–Kier alpha value is -3.96. The summed E-state index contributed by atoms with van der Waals surface area (Å²) in [6.07, 6.45) is 4.49. The van der Waals surface area contributed by atoms with Crippen LogP contribution in [0.3, 0.4) is 0 Å². The molecule has 4 aromatic rings. The second kappa shape index (κ2) is 11.2. The van der Waals surface area contributed by atoms with Gasteiger partial charge in [0.15, 0.2) is 17.4 Å². The summed E-state index contributed by atoms with van der Waals surface area (Å²) in [5, 5.41) is 9.98. The molecule has 0 unspecified atom stereocenters. The number of rotatable bonds is 8. The molecule has 0 aliphatic heterocycles. The second-order valence-electron chi connectivity index (χ2n) is 7.42. The number of anilines is 1. The van der Waals surface area contributed by atoms with E-state index in [2.05, 4.69) is 30.7 Å². The molecule has 0 fully saturated rings. The van der Waals surface area contributed by atoms with Gasteiger partial charge >= 0.3 is 6.03 Å². The van der Waals surface area contributed by atoms with Gasteiger partial charge in [-0.3, -0.25) is 0 Å². The van der Waals surface area contributed by atoms with Crippen LogP contribution in [0.2, 0.25) is 10.0 Å². The molecule has 13 heteroatoms. The first kappa shape index (κ1) is 25.1. The predicted molar refractivity (Wildman–Crippen MR) is 131 cm³/mol. The average Bonchev–Trinajstić information content (AvgIpc) is 3.36. The highest BCUT2D eigenvalue weighted by atomic mass is 35.5. The molecule has 2 amide bonds. The molecular formula is C23H20Cl2FN7O3. The van der Waals surface area contributed by atoms with Gasteiger partial charge in [0.25, 0.3) is 5.95 Å². The zero-order chi connectivity index (χ0) is 25.7. The lowest BCUT2D eigenvalue weighted by Gasteiger charge is -2.16. The molecular weight excluding hydrogens is 512 g/mol. The van der Waals surface area contributed by atoms with Gasteiger partial charge in [-0.05, 0) is 36.8 Å². The number of ether oxygens (including phenoxy) is 2. The summed E-state index contributed by atoms with van der Waals surface area (Å²) in [5.41, 5.74) is 0.821. The van der Waals surface area contributed by atoms with Crippen molar-refractivity contribution in [2.75, 3.05) is 12.4 Å². The number of benzene rings is 2. The summed E-state index contributed by atoms with van der Waals surface area (Å²) in [5.74, 6) is 0.613. The Balaban J connectivity index is 1.43. The number of urea groups is 1. The van der Waals surface area contributed by atoms with Gasteiger partial charge in [-0.2, -0.15) is 9.78 Å². The van der Waals surface area contributed by atoms with Crippen molar-refractivity contribution in [3.8, 4) is 17.4 Å². The maximum Gasteiger partial charge on any atom is 0.319 e. The van der Waals surface area contributed by atoms with E-state index in [1.165, 1.54) is 42.4 Å². The van der Waals surface area contributed by atoms with Crippen molar-refractivity contribution in [3.05, 3.63) is 82.4 Å². The highest BCUT2D eigenvalue weighted by Gasteiger charge is 2.19. The SMILES string of the molecule is COc1ccc(COc2cc(NC(=O)N[C@@H](C)c3ncnn3-c3ncccn3)c(Cl)cc2Cl)cc1F. The summed E-state index contributed by atoms with van der Waals surface area (Å²) in [6.45, 7) is 1.76. The number of methoxy groups -OCH3 is 1. The lowest BCUT2D eigenvalue weighted by molar-refractivity contribution is 0.248. The van der Waals surface area contributed by atoms with Gasteiger partial charge in [0, 0.05) is 18.5 Å². The van der Waals surface area contributed by atoms with Crippen molar-refractivity contribution < 1.29 is 18.7 Å². The maximum atomic E-state index is 13.9. The van der Waals surface area contributed by atoms with Gasteiger partial charge in [-0.15, -0.1) is 0 Å². The molecule has 4 rings (SSSR count). The molecule has 2 N–H and O–H groups in total. The van der Waals surface area contributed by atoms with Crippen LogP contribution in [0.4, 0.5) is 14.9 Å². The molecule has 0 saturated carbocycles. The molecule has 36 heavy (non-hydrogen) atoms. The van der Waals surface area contributed by atoms with Crippen LogP contribution in [0.5, 0.6) is 11.5 Å². The molecule has 0 aliphatic rings. The van der Waals surface area contributed by atoms with Gasteiger partial charge < -0.3 is 20.1 Å². The Kier molecular flexibility index (Phi) is 7.81. The maximum absolute atomic E-state index is 13.9. The van der Waals surface area contributed by atoms with E-state index in [0.29, 0.717) is 17.3 Å². The second-order valence-corrected chi connectivity index (χ2v) is 8.23. The summed E-state index contributed by atoms with van der Waals surface area (Å²) >= 11 is 12.5. The number of halogens is 3. The van der Waals surface area contributed by atoms with Gasteiger partial charge in [0.05, 0.1) is 28.9 Å². The average molecular weight is 532 g/mol. The number of nitrogens with zero attached hydrogens (tertiary/aromatic N) is 5. The molecule has 0 saturated heterocycles. The predicted octanol–water partition coefficient (Wildman–Crippen LogP) is 4.97. The van der Waals surface area contributed by atoms with E-state index in [1.54, 1.807) is 31.5 Å². The van der Waals surface area contributed by atoms with E-state index in [9.17, 15) is 9.18 Å². The van der Waals surface area contributed by atoms with Gasteiger partial charge in [-0.25, -0.2) is 24.1 Å². The quantitative estimate of drug-likeness (QED) is 0.329. The normalized spacial score (nSPS) is 11.6. The van der Waals surface area contributed by atoms with Crippen molar-refractivity contribution in [1.29, 1.82) is 0 Å². The number of hydrogen-bond acceptors (Lipinski definition) is 7. The van der Waals surface area contributed by atoms with Gasteiger partial charge in [-0.1, -0.05) is 29.3 Å². The molecule has 0 spiro atoms. The third kappa shape index (κ3) is 5.81. The van der Waals surface area contributed by atoms with Crippen LogP contribution in [-0.2, 0) is 6.61 Å². The first-order valence-electron chi connectivity index (χ1n) is 10.5. The van der Waals surface area contributed by atoms with E-state index in [-0.39, 0.29) is 33.8 Å². The standard InChI is InChI=1S/C23H20Cl2FN7O3/c1-13(21-29-12-30-33(21)22-27-6-3-7-28-22)31-23(34)32-18-10-20(16(25)9-15(18)24)36-11-14-4-5-19(35-2)17(26)8-14/h3-10,12-13H,11H2,1-2H3,(H2,31,32,34)/t13-/m0/s1. The fourth-order valence-electron chi connectivity index (χ4n) is 3.22. The van der Waals surface area contributed by atoms with Crippen LogP contribution in [-0.4, -0.2) is 37.9 Å². The third-order valence-corrected chi connectivity index (χ3v) is 5.54. The number of nitrogens with one attached hydrogen (secondary N) is 2. The van der Waals surface area contributed by atoms with Crippen LogP contribution in [0.25, 0.3) is 5.95 Å². The van der Waals surface area contributed by atoms with Crippen molar-refractivity contribution >= 4 is 34.9 Å². The summed E-state index contributed by atoms with van der Waals surface area (Å²) < 4.78 is 26.0. The van der Waals surface area contributed by atoms with Crippen molar-refractivity contribution in [2.45, 2.75) is 19.6 Å². The van der Waals surface area contributed by atoms with E-state index in [1.807, 2.05) is 0 Å². The Labute approximate surface area is 215 Å². The summed E-state index contributed by atoms with van der Waals surface area (Å²) in [6, 6.07) is 7.96. The topological polar surface area (TPSA) is 116 Å². The largest absolute Gasteiger partial charge is 0.494 e. The molecule has 186 valence electrons. The highest BCUT2D eigenvalue weighted by molar-refractivity contribution is 6.37. The lowest BCUT2D eigenvalue weighted by atomic mass is 10.2. The molecule has 0 aliphatic carbocycles. The zero-order valence-electron chi connectivity index (χ0n) is 19.1. The smallest absolute Gasteiger partial charge is 0.319 e. The lowest BCUT2D eigenvalue weighted by Crippen LogP contribution is -2.32. The molecule has 0 bridgehead atoms. The number of amides is 2. The van der Waals surface area contributed by atoms with E-state index in [0.717, 1.165) is 0 Å².